The van der Waals surface area contributed by atoms with E-state index in [4.69, 9.17) is 4.42 Å². The van der Waals surface area contributed by atoms with Gasteiger partial charge < -0.3 is 9.73 Å². The second-order valence-electron chi connectivity index (χ2n) is 7.73. The fraction of sp³-hybridized carbons (Fsp3) is 0.450. The number of hydrogen-bond donors (Lipinski definition) is 2. The van der Waals surface area contributed by atoms with Crippen LogP contribution in [-0.2, 0) is 10.0 Å². The van der Waals surface area contributed by atoms with Gasteiger partial charge in [-0.1, -0.05) is 12.1 Å². The minimum Gasteiger partial charge on any atom is -0.451 e. The summed E-state index contributed by atoms with van der Waals surface area (Å²) < 4.78 is 31.1. The minimum atomic E-state index is -3.36. The fourth-order valence-electron chi connectivity index (χ4n) is 4.33. The van der Waals surface area contributed by atoms with E-state index < -0.39 is 10.0 Å². The summed E-state index contributed by atoms with van der Waals surface area (Å²) in [5.41, 5.74) is 1.15. The molecule has 1 aromatic heterocycles. The first kappa shape index (κ1) is 19.0. The van der Waals surface area contributed by atoms with E-state index in [1.807, 2.05) is 6.07 Å². The lowest BCUT2D eigenvalue weighted by Crippen LogP contribution is -2.62. The van der Waals surface area contributed by atoms with Gasteiger partial charge in [0.15, 0.2) is 5.76 Å². The summed E-state index contributed by atoms with van der Waals surface area (Å²) in [7, 11) is -3.36. The van der Waals surface area contributed by atoms with Gasteiger partial charge in [-0.3, -0.25) is 14.4 Å². The molecule has 1 amide bonds. The van der Waals surface area contributed by atoms with Crippen molar-refractivity contribution in [2.24, 2.45) is 5.92 Å². The van der Waals surface area contributed by atoms with Gasteiger partial charge in [-0.2, -0.15) is 0 Å². The molecule has 0 radical (unpaired) electrons. The van der Waals surface area contributed by atoms with Crippen LogP contribution >= 0.6 is 0 Å². The summed E-state index contributed by atoms with van der Waals surface area (Å²) in [5.74, 6) is 1.10. The Morgan fingerprint density at radius 1 is 1.18 bits per heavy atom. The van der Waals surface area contributed by atoms with Gasteiger partial charge >= 0.3 is 0 Å². The zero-order valence-electron chi connectivity index (χ0n) is 16.0. The van der Waals surface area contributed by atoms with Crippen molar-refractivity contribution in [3.8, 4) is 11.3 Å². The Morgan fingerprint density at radius 3 is 2.61 bits per heavy atom. The topological polar surface area (TPSA) is 91.7 Å². The highest BCUT2D eigenvalue weighted by Gasteiger charge is 2.40. The lowest BCUT2D eigenvalue weighted by molar-refractivity contribution is 0.0211. The number of piperidine rings is 3. The normalized spacial score (nSPS) is 26.8. The van der Waals surface area contributed by atoms with Crippen molar-refractivity contribution < 1.29 is 17.6 Å². The van der Waals surface area contributed by atoms with Gasteiger partial charge in [0.25, 0.3) is 5.91 Å². The Hall–Kier alpha value is -2.32. The van der Waals surface area contributed by atoms with E-state index in [9.17, 15) is 13.2 Å². The number of hydrogen-bond acceptors (Lipinski definition) is 5. The molecule has 3 aliphatic rings. The van der Waals surface area contributed by atoms with Gasteiger partial charge in [0.05, 0.1) is 6.26 Å². The molecule has 2 aromatic rings. The summed E-state index contributed by atoms with van der Waals surface area (Å²) in [6.07, 6.45) is 3.35. The SMILES string of the molecule is C[C@H]1[C@H](NC(=O)c2ccc(-c3cccc(NS(C)(=O)=O)c3)o2)C2CCN1CC2. The van der Waals surface area contributed by atoms with Gasteiger partial charge in [-0.05, 0) is 63.0 Å². The molecule has 2 atom stereocenters. The Morgan fingerprint density at radius 2 is 1.93 bits per heavy atom. The van der Waals surface area contributed by atoms with Crippen LogP contribution in [0.4, 0.5) is 5.69 Å². The highest BCUT2D eigenvalue weighted by atomic mass is 32.2. The molecule has 0 unspecified atom stereocenters. The lowest BCUT2D eigenvalue weighted by atomic mass is 9.79. The molecule has 1 aromatic carbocycles. The molecule has 150 valence electrons. The van der Waals surface area contributed by atoms with Gasteiger partial charge in [-0.15, -0.1) is 0 Å². The van der Waals surface area contributed by atoms with Gasteiger partial charge in [0, 0.05) is 23.3 Å². The average Bonchev–Trinajstić information content (AvgIpc) is 3.14. The van der Waals surface area contributed by atoms with Crippen LogP contribution in [-0.4, -0.2) is 50.7 Å². The van der Waals surface area contributed by atoms with E-state index in [-0.39, 0.29) is 17.7 Å². The number of rotatable bonds is 5. The van der Waals surface area contributed by atoms with Gasteiger partial charge in [0.2, 0.25) is 10.0 Å². The van der Waals surface area contributed by atoms with Gasteiger partial charge in [0.1, 0.15) is 5.76 Å². The monoisotopic (exact) mass is 403 g/mol. The Kier molecular flexibility index (Phi) is 4.93. The lowest BCUT2D eigenvalue weighted by Gasteiger charge is -2.49. The summed E-state index contributed by atoms with van der Waals surface area (Å²) in [6.45, 7) is 4.39. The van der Waals surface area contributed by atoms with Crippen LogP contribution in [0, 0.1) is 5.92 Å². The first-order chi connectivity index (χ1) is 13.3. The van der Waals surface area contributed by atoms with Crippen molar-refractivity contribution in [2.45, 2.75) is 31.8 Å². The van der Waals surface area contributed by atoms with Gasteiger partial charge in [-0.25, -0.2) is 8.42 Å². The van der Waals surface area contributed by atoms with Crippen LogP contribution in [0.1, 0.15) is 30.3 Å². The maximum absolute atomic E-state index is 12.7. The molecule has 8 heteroatoms. The van der Waals surface area contributed by atoms with E-state index >= 15 is 0 Å². The zero-order chi connectivity index (χ0) is 19.9. The molecule has 3 fully saturated rings. The third-order valence-corrected chi connectivity index (χ3v) is 6.36. The molecule has 0 saturated carbocycles. The molecular weight excluding hydrogens is 378 g/mol. The molecule has 0 aliphatic carbocycles. The molecule has 28 heavy (non-hydrogen) atoms. The number of amides is 1. The first-order valence-corrected chi connectivity index (χ1v) is 11.4. The maximum Gasteiger partial charge on any atom is 0.287 e. The Labute approximate surface area is 165 Å². The quantitative estimate of drug-likeness (QED) is 0.800. The third kappa shape index (κ3) is 3.93. The summed E-state index contributed by atoms with van der Waals surface area (Å²) in [5, 5.41) is 3.16. The number of anilines is 1. The number of carbonyl (C=O) groups excluding carboxylic acids is 1. The fourth-order valence-corrected chi connectivity index (χ4v) is 4.89. The van der Waals surface area contributed by atoms with Crippen LogP contribution in [0.15, 0.2) is 40.8 Å². The molecule has 2 bridgehead atoms. The average molecular weight is 404 g/mol. The van der Waals surface area contributed by atoms with Crippen molar-refractivity contribution in [1.29, 1.82) is 0 Å². The minimum absolute atomic E-state index is 0.144. The predicted octanol–water partition coefficient (Wildman–Crippen LogP) is 2.53. The Bertz CT molecular complexity index is 975. The number of nitrogens with zero attached hydrogens (tertiary/aromatic N) is 1. The summed E-state index contributed by atoms with van der Waals surface area (Å²) >= 11 is 0. The number of fused-ring (bicyclic) bond motifs is 3. The second-order valence-corrected chi connectivity index (χ2v) is 9.48. The summed E-state index contributed by atoms with van der Waals surface area (Å²) in [6, 6.07) is 10.8. The van der Waals surface area contributed by atoms with Crippen molar-refractivity contribution >= 4 is 21.6 Å². The van der Waals surface area contributed by atoms with Crippen LogP contribution in [0.2, 0.25) is 0 Å². The van der Waals surface area contributed by atoms with Crippen LogP contribution < -0.4 is 10.0 Å². The van der Waals surface area contributed by atoms with Crippen molar-refractivity contribution in [3.63, 3.8) is 0 Å². The number of nitrogens with one attached hydrogen (secondary N) is 2. The maximum atomic E-state index is 12.7. The summed E-state index contributed by atoms with van der Waals surface area (Å²) in [4.78, 5) is 15.1. The largest absolute Gasteiger partial charge is 0.451 e. The molecule has 4 heterocycles. The van der Waals surface area contributed by atoms with E-state index in [0.29, 0.717) is 29.0 Å². The van der Waals surface area contributed by atoms with Crippen molar-refractivity contribution in [2.75, 3.05) is 24.1 Å². The van der Waals surface area contributed by atoms with Crippen LogP contribution in [0.5, 0.6) is 0 Å². The highest BCUT2D eigenvalue weighted by molar-refractivity contribution is 7.92. The first-order valence-electron chi connectivity index (χ1n) is 9.53. The molecular formula is C20H25N3O4S. The number of furan rings is 1. The van der Waals surface area contributed by atoms with Crippen LogP contribution in [0.25, 0.3) is 11.3 Å². The number of carbonyl (C=O) groups is 1. The molecule has 7 nitrogen and oxygen atoms in total. The molecule has 3 saturated heterocycles. The van der Waals surface area contributed by atoms with E-state index in [0.717, 1.165) is 32.2 Å². The number of sulfonamides is 1. The highest BCUT2D eigenvalue weighted by Crippen LogP contribution is 2.32. The molecule has 3 aliphatic heterocycles. The van der Waals surface area contributed by atoms with E-state index in [1.54, 1.807) is 30.3 Å². The molecule has 0 spiro atoms. The van der Waals surface area contributed by atoms with Crippen LogP contribution in [0.3, 0.4) is 0 Å². The third-order valence-electron chi connectivity index (χ3n) is 5.76. The zero-order valence-corrected chi connectivity index (χ0v) is 16.8. The molecule has 2 N–H and O–H groups in total. The second kappa shape index (κ2) is 7.25. The Balaban J connectivity index is 1.48. The van der Waals surface area contributed by atoms with E-state index in [1.165, 1.54) is 0 Å². The van der Waals surface area contributed by atoms with Crippen molar-refractivity contribution in [1.82, 2.24) is 10.2 Å². The smallest absolute Gasteiger partial charge is 0.287 e. The van der Waals surface area contributed by atoms with E-state index in [2.05, 4.69) is 21.9 Å². The standard InChI is InChI=1S/C20H25N3O4S/c1-13-19(14-8-10-23(13)11-9-14)21-20(24)18-7-6-17(27-18)15-4-3-5-16(12-15)22-28(2,25)26/h3-7,12-14,19,22H,8-11H2,1-2H3,(H,21,24)/t13-,19-/m0/s1. The predicted molar refractivity (Wildman–Crippen MR) is 108 cm³/mol. The number of benzene rings is 1. The molecule has 5 rings (SSSR count). The van der Waals surface area contributed by atoms with Crippen molar-refractivity contribution in [3.05, 3.63) is 42.2 Å².